The molecular weight excluding hydrogens is 467 g/mol. The van der Waals surface area contributed by atoms with Gasteiger partial charge in [0, 0.05) is 0 Å². The Balaban J connectivity index is 2.31. The minimum absolute atomic E-state index is 0.0905. The molecule has 0 amide bonds. The molecule has 0 heterocycles. The molecule has 0 aliphatic heterocycles. The number of allylic oxidation sites excluding steroid dienone is 3. The summed E-state index contributed by atoms with van der Waals surface area (Å²) in [5, 5.41) is 0. The zero-order chi connectivity index (χ0) is 21.3. The maximum atomic E-state index is 12.8. The van der Waals surface area contributed by atoms with E-state index in [0.717, 1.165) is 14.7 Å². The van der Waals surface area contributed by atoms with Crippen LogP contribution in [-0.4, -0.2) is 36.7 Å². The fourth-order valence-corrected chi connectivity index (χ4v) is 8.46. The fourth-order valence-electron chi connectivity index (χ4n) is 3.22. The van der Waals surface area contributed by atoms with Crippen LogP contribution in [0.3, 0.4) is 0 Å². The Kier molecular flexibility index (Phi) is 8.90. The summed E-state index contributed by atoms with van der Waals surface area (Å²) < 4.78 is 6.29. The molecule has 4 heteroatoms. The molecule has 0 saturated heterocycles. The van der Waals surface area contributed by atoms with E-state index in [2.05, 4.69) is 14.8 Å². The van der Waals surface area contributed by atoms with E-state index in [9.17, 15) is 9.59 Å². The summed E-state index contributed by atoms with van der Waals surface area (Å²) in [6, 6.07) is 19.3. The van der Waals surface area contributed by atoms with Crippen LogP contribution in [-0.2, 0) is 9.53 Å². The Morgan fingerprint density at radius 3 is 1.86 bits per heavy atom. The average molecular weight is 497 g/mol. The van der Waals surface area contributed by atoms with Crippen molar-refractivity contribution in [2.24, 2.45) is 0 Å². The second kappa shape index (κ2) is 11.1. The predicted octanol–water partition coefficient (Wildman–Crippen LogP) is 6.10. The number of hydrogen-bond donors (Lipinski definition) is 0. The van der Waals surface area contributed by atoms with E-state index in [4.69, 9.17) is 4.74 Å². The second-order valence-corrected chi connectivity index (χ2v) is 22.1. The summed E-state index contributed by atoms with van der Waals surface area (Å²) in [5.41, 5.74) is 2.78. The molecule has 0 fully saturated rings. The van der Waals surface area contributed by atoms with Gasteiger partial charge in [0.15, 0.2) is 0 Å². The number of carbonyl (C=O) groups is 2. The van der Waals surface area contributed by atoms with Crippen molar-refractivity contribution in [3.63, 3.8) is 0 Å². The third kappa shape index (κ3) is 7.00. The Bertz CT molecular complexity index is 875. The van der Waals surface area contributed by atoms with Crippen molar-refractivity contribution in [2.45, 2.75) is 34.6 Å². The SMILES string of the molecule is CCOC(=O)/[C](=C(/C/C=C/CC(=O)c1ccccc1)c1ccccc1)[Sn]([CH3])([CH3])[CH3]. The predicted molar refractivity (Wildman–Crippen MR) is 122 cm³/mol. The second-order valence-electron chi connectivity index (χ2n) is 7.86. The van der Waals surface area contributed by atoms with E-state index in [0.29, 0.717) is 25.0 Å². The van der Waals surface area contributed by atoms with Crippen LogP contribution >= 0.6 is 0 Å². The average Bonchev–Trinajstić information content (AvgIpc) is 2.70. The van der Waals surface area contributed by atoms with Crippen LogP contribution in [0.4, 0.5) is 0 Å². The van der Waals surface area contributed by atoms with Crippen molar-refractivity contribution < 1.29 is 14.3 Å². The molecule has 0 spiro atoms. The van der Waals surface area contributed by atoms with Crippen molar-refractivity contribution in [2.75, 3.05) is 6.61 Å². The van der Waals surface area contributed by atoms with Gasteiger partial charge in [-0.1, -0.05) is 0 Å². The zero-order valence-corrected chi connectivity index (χ0v) is 20.6. The number of ketones is 1. The van der Waals surface area contributed by atoms with E-state index >= 15 is 0 Å². The van der Waals surface area contributed by atoms with Gasteiger partial charge in [-0.25, -0.2) is 0 Å². The molecule has 0 bridgehead atoms. The fraction of sp³-hybridized carbons (Fsp3) is 0.280. The van der Waals surface area contributed by atoms with Crippen LogP contribution in [0.15, 0.2) is 76.4 Å². The summed E-state index contributed by atoms with van der Waals surface area (Å²) in [6.07, 6.45) is 4.85. The van der Waals surface area contributed by atoms with Gasteiger partial charge in [0.2, 0.25) is 0 Å². The molecule has 2 rings (SSSR count). The summed E-state index contributed by atoms with van der Waals surface area (Å²) in [5.74, 6) is -0.101. The van der Waals surface area contributed by atoms with Gasteiger partial charge in [0.1, 0.15) is 0 Å². The number of rotatable bonds is 9. The van der Waals surface area contributed by atoms with Gasteiger partial charge >= 0.3 is 179 Å². The molecule has 2 aromatic carbocycles. The molecule has 0 aromatic heterocycles. The third-order valence-electron chi connectivity index (χ3n) is 4.54. The first-order valence-corrected chi connectivity index (χ1v) is 20.0. The molecular formula is C25H30O3Sn. The first-order valence-electron chi connectivity index (χ1n) is 10.0. The molecule has 2 aromatic rings. The molecule has 0 radical (unpaired) electrons. The third-order valence-corrected chi connectivity index (χ3v) is 10.3. The molecule has 0 unspecified atom stereocenters. The molecule has 152 valence electrons. The summed E-state index contributed by atoms with van der Waals surface area (Å²) in [7, 11) is 0. The van der Waals surface area contributed by atoms with Gasteiger partial charge in [-0.2, -0.15) is 0 Å². The molecule has 0 aliphatic rings. The molecule has 0 N–H and O–H groups in total. The van der Waals surface area contributed by atoms with E-state index < -0.39 is 18.4 Å². The van der Waals surface area contributed by atoms with Crippen LogP contribution in [0.5, 0.6) is 0 Å². The van der Waals surface area contributed by atoms with Gasteiger partial charge in [0.25, 0.3) is 0 Å². The molecule has 0 saturated carbocycles. The Hall–Kier alpha value is -2.14. The summed E-state index contributed by atoms with van der Waals surface area (Å²) in [6.45, 7) is 2.21. The van der Waals surface area contributed by atoms with Crippen LogP contribution in [0, 0.1) is 0 Å². The topological polar surface area (TPSA) is 43.4 Å². The van der Waals surface area contributed by atoms with Crippen molar-refractivity contribution in [1.82, 2.24) is 0 Å². The van der Waals surface area contributed by atoms with Gasteiger partial charge in [-0.15, -0.1) is 0 Å². The van der Waals surface area contributed by atoms with Gasteiger partial charge in [-0.3, -0.25) is 0 Å². The molecule has 3 nitrogen and oxygen atoms in total. The normalized spacial score (nSPS) is 12.6. The van der Waals surface area contributed by atoms with Gasteiger partial charge in [-0.05, 0) is 0 Å². The van der Waals surface area contributed by atoms with Crippen LogP contribution in [0.25, 0.3) is 5.57 Å². The zero-order valence-electron chi connectivity index (χ0n) is 17.8. The van der Waals surface area contributed by atoms with E-state index in [1.807, 2.05) is 79.7 Å². The first-order chi connectivity index (χ1) is 13.8. The Labute approximate surface area is 178 Å². The van der Waals surface area contributed by atoms with Gasteiger partial charge < -0.3 is 0 Å². The monoisotopic (exact) mass is 498 g/mol. The standard InChI is InChI=1S/C22H21O3.3CH3.Sn/c1-2-25-22(24)17-20(18-11-5-3-6-12-18)15-9-10-16-21(23)19-13-7-4-8-14-19;;;;/h3-14H,2,15-16H2,1H3;3*1H3;/b10-9+,20-17?;;;;. The number of benzene rings is 2. The molecule has 29 heavy (non-hydrogen) atoms. The van der Waals surface area contributed by atoms with Crippen LogP contribution < -0.4 is 0 Å². The number of Topliss-reactive ketones (excluding diaryl/α,β-unsaturated/α-hetero) is 1. The van der Waals surface area contributed by atoms with Gasteiger partial charge in [0.05, 0.1) is 0 Å². The van der Waals surface area contributed by atoms with E-state index in [1.165, 1.54) is 0 Å². The van der Waals surface area contributed by atoms with Crippen molar-refractivity contribution in [3.8, 4) is 0 Å². The number of esters is 1. The van der Waals surface area contributed by atoms with Crippen molar-refractivity contribution in [1.29, 1.82) is 0 Å². The minimum atomic E-state index is -2.78. The van der Waals surface area contributed by atoms with Crippen molar-refractivity contribution >= 4 is 35.7 Å². The number of hydrogen-bond acceptors (Lipinski definition) is 3. The molecule has 0 aliphatic carbocycles. The van der Waals surface area contributed by atoms with E-state index in [1.54, 1.807) is 0 Å². The van der Waals surface area contributed by atoms with Crippen LogP contribution in [0.1, 0.15) is 35.7 Å². The Morgan fingerprint density at radius 1 is 0.828 bits per heavy atom. The van der Waals surface area contributed by atoms with Crippen LogP contribution in [0.2, 0.25) is 14.8 Å². The Morgan fingerprint density at radius 2 is 1.34 bits per heavy atom. The first kappa shape index (κ1) is 23.1. The number of ether oxygens (including phenoxy) is 1. The molecule has 0 atom stereocenters. The maximum absolute atomic E-state index is 12.8. The van der Waals surface area contributed by atoms with E-state index in [-0.39, 0.29) is 11.8 Å². The summed E-state index contributed by atoms with van der Waals surface area (Å²) >= 11 is -2.78. The summed E-state index contributed by atoms with van der Waals surface area (Å²) in [4.78, 5) is 31.8. The quantitative estimate of drug-likeness (QED) is 0.138. The number of carbonyl (C=O) groups excluding carboxylic acids is 2. The van der Waals surface area contributed by atoms with Crippen molar-refractivity contribution in [3.05, 3.63) is 87.5 Å².